The molecule has 0 aromatic carbocycles. The van der Waals surface area contributed by atoms with E-state index >= 15 is 0 Å². The lowest BCUT2D eigenvalue weighted by atomic mass is 10.3. The van der Waals surface area contributed by atoms with Gasteiger partial charge < -0.3 is 16.0 Å². The van der Waals surface area contributed by atoms with E-state index in [2.05, 4.69) is 31.7 Å². The Morgan fingerprint density at radius 2 is 1.64 bits per heavy atom. The molecule has 22 heavy (non-hydrogen) atoms. The fourth-order valence-electron chi connectivity index (χ4n) is 2.44. The molecule has 122 valence electrons. The van der Waals surface area contributed by atoms with Crippen LogP contribution in [0.15, 0.2) is 18.3 Å². The van der Waals surface area contributed by atoms with Crippen LogP contribution in [0.5, 0.6) is 0 Å². The molecule has 3 N–H and O–H groups in total. The van der Waals surface area contributed by atoms with E-state index in [0.717, 1.165) is 64.3 Å². The molecular formula is C16H27ClN5+. The predicted octanol–water partition coefficient (Wildman–Crippen LogP) is 0.729. The van der Waals surface area contributed by atoms with Crippen molar-refractivity contribution in [3.8, 4) is 0 Å². The number of nitrogens with zero attached hydrogens (tertiary/aromatic N) is 2. The average Bonchev–Trinajstić information content (AvgIpc) is 2.53. The highest BCUT2D eigenvalue weighted by atomic mass is 35.5. The Kier molecular flexibility index (Phi) is 8.41. The van der Waals surface area contributed by atoms with E-state index in [-0.39, 0.29) is 0 Å². The molecule has 1 aliphatic rings. The quantitative estimate of drug-likeness (QED) is 0.526. The molecule has 1 fully saturated rings. The number of rotatable bonds is 1. The number of hydrogen-bond acceptors (Lipinski definition) is 4. The average molecular weight is 325 g/mol. The number of halogens is 1. The molecule has 2 rings (SSSR count). The van der Waals surface area contributed by atoms with Crippen LogP contribution in [0, 0.1) is 0 Å². The Morgan fingerprint density at radius 1 is 0.909 bits per heavy atom. The first-order valence-electron chi connectivity index (χ1n) is 8.17. The molecule has 0 atom stereocenters. The van der Waals surface area contributed by atoms with Crippen LogP contribution in [-0.4, -0.2) is 68.1 Å². The van der Waals surface area contributed by atoms with E-state index in [4.69, 9.17) is 11.6 Å². The summed E-state index contributed by atoms with van der Waals surface area (Å²) in [6.07, 6.45) is 6.31. The van der Waals surface area contributed by atoms with E-state index < -0.39 is 0 Å². The van der Waals surface area contributed by atoms with Crippen LogP contribution in [0.2, 0.25) is 5.15 Å². The number of pyridine rings is 1. The zero-order valence-electron chi connectivity index (χ0n) is 13.2. The van der Waals surface area contributed by atoms with E-state index in [1.54, 1.807) is 0 Å². The fourth-order valence-corrected chi connectivity index (χ4v) is 2.55. The Balaban J connectivity index is 1.91. The smallest absolute Gasteiger partial charge is 0.172 e. The van der Waals surface area contributed by atoms with Gasteiger partial charge in [-0.2, -0.15) is 0 Å². The van der Waals surface area contributed by atoms with Crippen LogP contribution in [-0.2, 0) is 0 Å². The van der Waals surface area contributed by atoms with Crippen molar-refractivity contribution in [1.29, 1.82) is 0 Å². The van der Waals surface area contributed by atoms with Gasteiger partial charge in [0.15, 0.2) is 12.8 Å². The molecule has 0 amide bonds. The summed E-state index contributed by atoms with van der Waals surface area (Å²) in [5.74, 6) is 0. The van der Waals surface area contributed by atoms with Gasteiger partial charge in [-0.1, -0.05) is 11.6 Å². The molecule has 0 unspecified atom stereocenters. The minimum absolute atomic E-state index is 0.539. The maximum Gasteiger partial charge on any atom is 0.172 e. The van der Waals surface area contributed by atoms with Gasteiger partial charge in [-0.05, 0) is 31.6 Å². The van der Waals surface area contributed by atoms with Crippen molar-refractivity contribution in [2.45, 2.75) is 12.8 Å². The van der Waals surface area contributed by atoms with Crippen LogP contribution >= 0.6 is 11.6 Å². The molecule has 0 spiro atoms. The molecule has 1 aromatic heterocycles. The topological polar surface area (TPSA) is 52.0 Å². The maximum atomic E-state index is 5.84. The predicted molar refractivity (Wildman–Crippen MR) is 92.3 cm³/mol. The Labute approximate surface area is 138 Å². The van der Waals surface area contributed by atoms with Crippen LogP contribution < -0.4 is 16.0 Å². The van der Waals surface area contributed by atoms with Crippen molar-refractivity contribution in [3.63, 3.8) is 0 Å². The summed E-state index contributed by atoms with van der Waals surface area (Å²) in [4.78, 5) is 4.14. The second-order valence-electron chi connectivity index (χ2n) is 5.54. The van der Waals surface area contributed by atoms with Crippen LogP contribution in [0.3, 0.4) is 0 Å². The number of aromatic nitrogens is 1. The van der Waals surface area contributed by atoms with Gasteiger partial charge in [0.1, 0.15) is 11.7 Å². The Morgan fingerprint density at radius 3 is 2.36 bits per heavy atom. The molecule has 0 saturated carbocycles. The molecular weight excluding hydrogens is 298 g/mol. The van der Waals surface area contributed by atoms with Gasteiger partial charge in [0, 0.05) is 32.3 Å². The molecule has 5 nitrogen and oxygen atoms in total. The third-order valence-corrected chi connectivity index (χ3v) is 3.87. The number of nitrogens with one attached hydrogen (secondary N) is 3. The molecule has 0 radical (unpaired) electrons. The summed E-state index contributed by atoms with van der Waals surface area (Å²) in [5, 5.41) is 11.0. The summed E-state index contributed by atoms with van der Waals surface area (Å²) in [5.41, 5.74) is 1.10. The van der Waals surface area contributed by atoms with Gasteiger partial charge in [-0.15, -0.1) is 0 Å². The van der Waals surface area contributed by atoms with Crippen LogP contribution in [0.25, 0.3) is 0 Å². The summed E-state index contributed by atoms with van der Waals surface area (Å²) >= 11 is 5.84. The highest BCUT2D eigenvalue weighted by Crippen LogP contribution is 2.03. The third-order valence-electron chi connectivity index (χ3n) is 3.64. The van der Waals surface area contributed by atoms with Crippen LogP contribution in [0.1, 0.15) is 18.4 Å². The SMILES string of the molecule is Clc1ccc(C=[N+]2CCCNCCNCCCNCC2)cn1. The Hall–Kier alpha value is -1.01. The molecule has 2 heterocycles. The highest BCUT2D eigenvalue weighted by molar-refractivity contribution is 6.29. The van der Waals surface area contributed by atoms with Crippen LogP contribution in [0.4, 0.5) is 0 Å². The van der Waals surface area contributed by atoms with Crippen molar-refractivity contribution in [2.75, 3.05) is 52.4 Å². The normalized spacial score (nSPS) is 21.4. The number of hydrogen-bond donors (Lipinski definition) is 3. The fraction of sp³-hybridized carbons (Fsp3) is 0.625. The van der Waals surface area contributed by atoms with E-state index in [0.29, 0.717) is 5.15 Å². The van der Waals surface area contributed by atoms with Gasteiger partial charge in [-0.25, -0.2) is 9.56 Å². The Bertz CT molecular complexity index is 430. The van der Waals surface area contributed by atoms with Gasteiger partial charge >= 0.3 is 0 Å². The first-order chi connectivity index (χ1) is 10.8. The third kappa shape index (κ3) is 7.31. The summed E-state index contributed by atoms with van der Waals surface area (Å²) in [6.45, 7) is 8.35. The van der Waals surface area contributed by atoms with Gasteiger partial charge in [0.25, 0.3) is 0 Å². The summed E-state index contributed by atoms with van der Waals surface area (Å²) in [7, 11) is 0. The largest absolute Gasteiger partial charge is 0.315 e. The van der Waals surface area contributed by atoms with E-state index in [1.165, 1.54) is 6.42 Å². The highest BCUT2D eigenvalue weighted by Gasteiger charge is 2.06. The summed E-state index contributed by atoms with van der Waals surface area (Å²) < 4.78 is 2.36. The molecule has 1 saturated heterocycles. The molecule has 1 aromatic rings. The van der Waals surface area contributed by atoms with E-state index in [9.17, 15) is 0 Å². The zero-order valence-corrected chi connectivity index (χ0v) is 13.9. The molecule has 0 bridgehead atoms. The lowest BCUT2D eigenvalue weighted by Gasteiger charge is -2.10. The van der Waals surface area contributed by atoms with Crippen molar-refractivity contribution in [1.82, 2.24) is 20.9 Å². The molecule has 0 aliphatic carbocycles. The van der Waals surface area contributed by atoms with E-state index in [1.807, 2.05) is 18.3 Å². The summed E-state index contributed by atoms with van der Waals surface area (Å²) in [6, 6.07) is 3.85. The second-order valence-corrected chi connectivity index (χ2v) is 5.92. The van der Waals surface area contributed by atoms with Crippen molar-refractivity contribution < 1.29 is 4.58 Å². The minimum atomic E-state index is 0.539. The molecule has 6 heteroatoms. The zero-order chi connectivity index (χ0) is 15.5. The second kappa shape index (κ2) is 10.7. The van der Waals surface area contributed by atoms with Gasteiger partial charge in [0.05, 0.1) is 12.1 Å². The molecule has 1 aliphatic heterocycles. The van der Waals surface area contributed by atoms with Crippen molar-refractivity contribution in [2.24, 2.45) is 0 Å². The van der Waals surface area contributed by atoms with Gasteiger partial charge in [0.2, 0.25) is 0 Å². The first kappa shape index (κ1) is 17.3. The maximum absolute atomic E-state index is 5.84. The first-order valence-corrected chi connectivity index (χ1v) is 8.55. The van der Waals surface area contributed by atoms with Gasteiger partial charge in [-0.3, -0.25) is 0 Å². The lowest BCUT2D eigenvalue weighted by Crippen LogP contribution is -2.34. The van der Waals surface area contributed by atoms with Crippen molar-refractivity contribution >= 4 is 17.8 Å². The lowest BCUT2D eigenvalue weighted by molar-refractivity contribution is -0.521. The van der Waals surface area contributed by atoms with Crippen molar-refractivity contribution in [3.05, 3.63) is 29.0 Å². The monoisotopic (exact) mass is 324 g/mol. The minimum Gasteiger partial charge on any atom is -0.315 e. The standard InChI is InChI=1S/C16H27ClN5/c17-16-4-3-15(13-21-16)14-22-11-2-7-19-9-8-18-5-1-6-20-10-12-22/h3-4,13-14,18-20H,1-2,5-12H2/q+1.